The molecule has 6 aromatic rings. The molecule has 6 aromatic heterocycles. The van der Waals surface area contributed by atoms with Crippen LogP contribution in [0.25, 0.3) is 16.9 Å². The Morgan fingerprint density at radius 1 is 0.576 bits per heavy atom. The molecule has 0 bridgehead atoms. The van der Waals surface area contributed by atoms with Crippen LogP contribution in [0.1, 0.15) is 104 Å². The number of carbonyl (C=O) groups is 6. The van der Waals surface area contributed by atoms with Gasteiger partial charge in [0.1, 0.15) is 11.2 Å². The van der Waals surface area contributed by atoms with Gasteiger partial charge in [-0.15, -0.1) is 0 Å². The third kappa shape index (κ3) is 10.9. The predicted octanol–water partition coefficient (Wildman–Crippen LogP) is -0.845. The van der Waals surface area contributed by atoms with E-state index in [0.717, 1.165) is 64.6 Å². The van der Waals surface area contributed by atoms with E-state index in [0.29, 0.717) is 0 Å². The van der Waals surface area contributed by atoms with Crippen LogP contribution in [0.5, 0.6) is 0 Å². The first-order chi connectivity index (χ1) is 27.0. The Hall–Kier alpha value is -6.93. The van der Waals surface area contributed by atoms with Crippen molar-refractivity contribution < 1.29 is 90.0 Å². The Kier molecular flexibility index (Phi) is 14.3. The minimum atomic E-state index is -1.63. The normalized spacial score (nSPS) is 11.0. The molecule has 306 valence electrons. The molecule has 0 amide bonds. The first-order valence-electron chi connectivity index (χ1n) is 16.2. The molecule has 0 saturated heterocycles. The minimum absolute atomic E-state index is 0. The van der Waals surface area contributed by atoms with E-state index in [9.17, 15) is 47.0 Å². The van der Waals surface area contributed by atoms with Gasteiger partial charge in [-0.3, -0.25) is 0 Å². The van der Waals surface area contributed by atoms with E-state index in [1.54, 1.807) is 41.5 Å². The van der Waals surface area contributed by atoms with E-state index in [2.05, 4.69) is 39.7 Å². The van der Waals surface area contributed by atoms with Crippen molar-refractivity contribution in [2.45, 2.75) is 52.7 Å². The largest absolute Gasteiger partial charge is 1.00 e. The number of ether oxygens (including phenoxy) is 4. The van der Waals surface area contributed by atoms with E-state index < -0.39 is 70.2 Å². The van der Waals surface area contributed by atoms with Crippen molar-refractivity contribution in [2.75, 3.05) is 14.2 Å². The van der Waals surface area contributed by atoms with Crippen molar-refractivity contribution in [1.82, 2.24) is 43.8 Å². The van der Waals surface area contributed by atoms with Crippen molar-refractivity contribution in [3.8, 4) is 0 Å². The maximum atomic E-state index is 13.6. The van der Waals surface area contributed by atoms with Gasteiger partial charge in [-0.1, -0.05) is 0 Å². The number of aromatic nitrogens is 9. The molecule has 25 heteroatoms. The van der Waals surface area contributed by atoms with E-state index in [1.807, 2.05) is 0 Å². The second-order valence-electron chi connectivity index (χ2n) is 13.3. The maximum Gasteiger partial charge on any atom is 1.00 e. The number of rotatable bonds is 6. The Bertz CT molecular complexity index is 2610. The average molecular weight is 822 g/mol. The van der Waals surface area contributed by atoms with Gasteiger partial charge in [0.2, 0.25) is 0 Å². The van der Waals surface area contributed by atoms with Crippen molar-refractivity contribution in [3.63, 3.8) is 0 Å². The van der Waals surface area contributed by atoms with E-state index in [1.165, 1.54) is 0 Å². The van der Waals surface area contributed by atoms with Crippen LogP contribution in [-0.2, 0) is 18.9 Å². The van der Waals surface area contributed by atoms with E-state index in [-0.39, 0.29) is 64.3 Å². The molecule has 0 aliphatic heterocycles. The Morgan fingerprint density at radius 2 is 0.881 bits per heavy atom. The third-order valence-electron chi connectivity index (χ3n) is 6.72. The third-order valence-corrected chi connectivity index (χ3v) is 6.72. The molecule has 0 unspecified atom stereocenters. The molecule has 0 aliphatic carbocycles. The van der Waals surface area contributed by atoms with Crippen molar-refractivity contribution in [2.24, 2.45) is 0 Å². The molecule has 59 heavy (non-hydrogen) atoms. The van der Waals surface area contributed by atoms with Crippen LogP contribution >= 0.6 is 0 Å². The molecule has 1 N–H and O–H groups in total. The van der Waals surface area contributed by atoms with Gasteiger partial charge in [0.25, 0.3) is 0 Å². The van der Waals surface area contributed by atoms with E-state index >= 15 is 0 Å². The SMILES string of the molecule is CC(C)(C)OC(=O)c1cc(C(=O)[O-])nc2c(F)cnn12.COC(=O)c1cc(C(=O)O)n2ncc(F)c2n1.COC(=O)c1cc(C(=O)OC(C)(C)C)n2ncc(F)c2n1.[Li+]. The number of esters is 4. The number of carbonyl (C=O) groups excluding carboxylic acids is 5. The van der Waals surface area contributed by atoms with Gasteiger partial charge < -0.3 is 34.0 Å². The molecule has 0 aromatic carbocycles. The summed E-state index contributed by atoms with van der Waals surface area (Å²) in [6.07, 6.45) is 2.54. The summed E-state index contributed by atoms with van der Waals surface area (Å²) in [5, 5.41) is 30.6. The fourth-order valence-electron chi connectivity index (χ4n) is 4.43. The zero-order chi connectivity index (χ0) is 43.4. The maximum absolute atomic E-state index is 13.6. The zero-order valence-electron chi connectivity index (χ0n) is 32.6. The van der Waals surface area contributed by atoms with Crippen molar-refractivity contribution in [3.05, 3.63) is 88.4 Å². The summed E-state index contributed by atoms with van der Waals surface area (Å²) in [5.41, 5.74) is -4.31. The van der Waals surface area contributed by atoms with Gasteiger partial charge in [0, 0.05) is 12.1 Å². The molecule has 0 aliphatic rings. The number of carboxylic acids is 2. The van der Waals surface area contributed by atoms with Gasteiger partial charge in [-0.05, 0) is 47.6 Å². The topological polar surface area (TPSA) is 273 Å². The number of nitrogens with zero attached hydrogens (tertiary/aromatic N) is 9. The standard InChI is InChI=1S/C13H14FN3O4.C12H12FN3O4.C9H6FN3O4.Li/c1-13(2,3)21-12(19)9-5-8(11(18)20-4)16-10-7(14)6-15-17(9)10;1-12(2,3)20-11(19)8-4-7(10(17)18)15-9-6(13)5-14-16(8)9;1-17-9(16)5-2-6(8(14)15)13-7(12-5)4(10)3-11-13;/h5-6H,1-4H3;4-5H,1-3H3,(H,17,18);2-3H,1H3,(H,14,15);/q;;;+1/p-1. The van der Waals surface area contributed by atoms with Crippen LogP contribution < -0.4 is 24.0 Å². The first kappa shape index (κ1) is 46.4. The van der Waals surface area contributed by atoms with Gasteiger partial charge in [0.05, 0.1) is 44.5 Å². The Labute approximate surface area is 341 Å². The molecule has 0 fully saturated rings. The molecule has 21 nitrogen and oxygen atoms in total. The summed E-state index contributed by atoms with van der Waals surface area (Å²) >= 11 is 0. The van der Waals surface area contributed by atoms with Crippen molar-refractivity contribution >= 4 is 52.8 Å². The summed E-state index contributed by atoms with van der Waals surface area (Å²) in [6.45, 7) is 10.0. The molecule has 0 saturated carbocycles. The fraction of sp³-hybridized carbons (Fsp3) is 0.294. The molecule has 0 spiro atoms. The monoisotopic (exact) mass is 821 g/mol. The Balaban J connectivity index is 0.000000236. The molecule has 0 atom stereocenters. The van der Waals surface area contributed by atoms with Gasteiger partial charge in [-0.2, -0.15) is 15.3 Å². The van der Waals surface area contributed by atoms with Crippen LogP contribution in [0.3, 0.4) is 0 Å². The van der Waals surface area contributed by atoms with Crippen LogP contribution in [0.4, 0.5) is 13.2 Å². The summed E-state index contributed by atoms with van der Waals surface area (Å²) in [6, 6.07) is 3.05. The number of hydrogen-bond donors (Lipinski definition) is 1. The number of hydrogen-bond acceptors (Lipinski definition) is 17. The van der Waals surface area contributed by atoms with E-state index in [4.69, 9.17) is 14.6 Å². The van der Waals surface area contributed by atoms with Gasteiger partial charge in [-0.25, -0.2) is 65.6 Å². The average Bonchev–Trinajstić information content (AvgIpc) is 3.84. The second-order valence-corrected chi connectivity index (χ2v) is 13.3. The molecule has 6 rings (SSSR count). The number of halogens is 3. The summed E-state index contributed by atoms with van der Waals surface area (Å²) in [7, 11) is 2.27. The van der Waals surface area contributed by atoms with Crippen molar-refractivity contribution in [1.29, 1.82) is 0 Å². The Morgan fingerprint density at radius 3 is 1.19 bits per heavy atom. The van der Waals surface area contributed by atoms with Crippen LogP contribution in [0.2, 0.25) is 0 Å². The van der Waals surface area contributed by atoms with Crippen LogP contribution in [-0.4, -0.2) is 110 Å². The van der Waals surface area contributed by atoms with Crippen LogP contribution in [0, 0.1) is 17.5 Å². The molecule has 6 heterocycles. The summed E-state index contributed by atoms with van der Waals surface area (Å²) in [5.74, 6) is -8.64. The number of fused-ring (bicyclic) bond motifs is 3. The smallest absolute Gasteiger partial charge is 0.543 e. The predicted molar refractivity (Wildman–Crippen MR) is 183 cm³/mol. The first-order valence-corrected chi connectivity index (χ1v) is 16.2. The number of carboxylic acid groups (broad SMARTS) is 2. The fourth-order valence-corrected chi connectivity index (χ4v) is 4.43. The number of aromatic carboxylic acids is 2. The summed E-state index contributed by atoms with van der Waals surface area (Å²) in [4.78, 5) is 79.7. The van der Waals surface area contributed by atoms with Gasteiger partial charge >= 0.3 is 48.7 Å². The quantitative estimate of drug-likeness (QED) is 0.122. The summed E-state index contributed by atoms with van der Waals surface area (Å²) < 4.78 is 62.2. The molecular weight excluding hydrogens is 790 g/mol. The minimum Gasteiger partial charge on any atom is -0.543 e. The van der Waals surface area contributed by atoms with Crippen LogP contribution in [0.15, 0.2) is 36.8 Å². The van der Waals surface area contributed by atoms with Gasteiger partial charge in [0.15, 0.2) is 62.9 Å². The number of methoxy groups -OCH3 is 2. The second kappa shape index (κ2) is 18.1. The molecule has 0 radical (unpaired) electrons. The zero-order valence-corrected chi connectivity index (χ0v) is 32.6. The molecular formula is C34H31F3LiN9O12.